The lowest BCUT2D eigenvalue weighted by molar-refractivity contribution is 0.00912. The lowest BCUT2D eigenvalue weighted by atomic mass is 9.96. The largest absolute Gasteiger partial charge is 0.378 e. The maximum absolute atomic E-state index is 6.29. The van der Waals surface area contributed by atoms with Crippen LogP contribution in [0.2, 0.25) is 0 Å². The fourth-order valence-corrected chi connectivity index (χ4v) is 2.79. The van der Waals surface area contributed by atoms with Crippen LogP contribution in [-0.2, 0) is 4.74 Å². The summed E-state index contributed by atoms with van der Waals surface area (Å²) < 4.78 is 5.76. The van der Waals surface area contributed by atoms with E-state index >= 15 is 0 Å². The van der Waals surface area contributed by atoms with Crippen molar-refractivity contribution < 1.29 is 4.74 Å². The molecule has 2 heteroatoms. The van der Waals surface area contributed by atoms with Crippen LogP contribution in [0.3, 0.4) is 0 Å². The van der Waals surface area contributed by atoms with E-state index in [0.717, 1.165) is 19.4 Å². The number of hydrogen-bond donors (Lipinski definition) is 1. The molecule has 1 aliphatic heterocycles. The van der Waals surface area contributed by atoms with Gasteiger partial charge in [0.2, 0.25) is 0 Å². The summed E-state index contributed by atoms with van der Waals surface area (Å²) in [5.74, 6) is 0. The molecule has 100 valence electrons. The lowest BCUT2D eigenvalue weighted by Crippen LogP contribution is -2.21. The molecule has 1 saturated heterocycles. The van der Waals surface area contributed by atoms with Crippen molar-refractivity contribution in [3.63, 3.8) is 0 Å². The smallest absolute Gasteiger partial charge is 0.0575 e. The van der Waals surface area contributed by atoms with E-state index < -0.39 is 0 Å². The topological polar surface area (TPSA) is 35.2 Å². The highest BCUT2D eigenvalue weighted by atomic mass is 16.5. The van der Waals surface area contributed by atoms with Crippen molar-refractivity contribution in [3.05, 3.63) is 34.9 Å². The summed E-state index contributed by atoms with van der Waals surface area (Å²) in [5, 5.41) is 0. The molecule has 2 atom stereocenters. The fraction of sp³-hybridized carbons (Fsp3) is 0.625. The van der Waals surface area contributed by atoms with Gasteiger partial charge in [-0.05, 0) is 51.5 Å². The van der Waals surface area contributed by atoms with Gasteiger partial charge in [0.1, 0.15) is 0 Å². The molecule has 0 saturated carbocycles. The van der Waals surface area contributed by atoms with Crippen molar-refractivity contribution >= 4 is 0 Å². The van der Waals surface area contributed by atoms with Crippen LogP contribution in [0.5, 0.6) is 0 Å². The van der Waals surface area contributed by atoms with Gasteiger partial charge in [-0.3, -0.25) is 0 Å². The quantitative estimate of drug-likeness (QED) is 0.881. The van der Waals surface area contributed by atoms with Crippen molar-refractivity contribution in [2.24, 2.45) is 5.73 Å². The van der Waals surface area contributed by atoms with Gasteiger partial charge in [0.25, 0.3) is 0 Å². The molecule has 0 spiro atoms. The first-order valence-corrected chi connectivity index (χ1v) is 7.10. The Morgan fingerprint density at radius 1 is 1.22 bits per heavy atom. The Morgan fingerprint density at radius 3 is 2.56 bits per heavy atom. The van der Waals surface area contributed by atoms with E-state index in [0.29, 0.717) is 6.10 Å². The van der Waals surface area contributed by atoms with Crippen LogP contribution >= 0.6 is 0 Å². The van der Waals surface area contributed by atoms with Gasteiger partial charge in [-0.15, -0.1) is 0 Å². The van der Waals surface area contributed by atoms with Crippen molar-refractivity contribution in [2.45, 2.75) is 58.1 Å². The Kier molecular flexibility index (Phi) is 4.79. The molecule has 1 aromatic rings. The first kappa shape index (κ1) is 13.6. The van der Waals surface area contributed by atoms with Gasteiger partial charge in [-0.1, -0.05) is 29.3 Å². The Bertz CT molecular complexity index is 362. The maximum Gasteiger partial charge on any atom is 0.0575 e. The second kappa shape index (κ2) is 6.35. The zero-order valence-electron chi connectivity index (χ0n) is 11.6. The molecule has 1 heterocycles. The highest BCUT2D eigenvalue weighted by molar-refractivity contribution is 5.30. The van der Waals surface area contributed by atoms with Gasteiger partial charge < -0.3 is 10.5 Å². The number of aryl methyl sites for hydroxylation is 2. The molecule has 1 aliphatic rings. The van der Waals surface area contributed by atoms with E-state index in [-0.39, 0.29) is 6.04 Å². The predicted octanol–water partition coefficient (Wildman–Crippen LogP) is 3.65. The maximum atomic E-state index is 6.29. The van der Waals surface area contributed by atoms with Crippen molar-refractivity contribution in [2.75, 3.05) is 6.61 Å². The van der Waals surface area contributed by atoms with Gasteiger partial charge in [0, 0.05) is 12.6 Å². The Morgan fingerprint density at radius 2 is 1.94 bits per heavy atom. The van der Waals surface area contributed by atoms with Crippen LogP contribution in [0, 0.1) is 13.8 Å². The van der Waals surface area contributed by atoms with Crippen LogP contribution < -0.4 is 5.73 Å². The van der Waals surface area contributed by atoms with Gasteiger partial charge in [0.15, 0.2) is 0 Å². The van der Waals surface area contributed by atoms with Crippen LogP contribution in [0.15, 0.2) is 18.2 Å². The molecule has 2 unspecified atom stereocenters. The molecular formula is C16H25NO. The molecule has 2 rings (SSSR count). The number of nitrogens with two attached hydrogens (primary N) is 1. The minimum absolute atomic E-state index is 0.147. The Labute approximate surface area is 111 Å². The normalized spacial score (nSPS) is 21.8. The number of rotatable bonds is 4. The highest BCUT2D eigenvalue weighted by Gasteiger charge is 2.16. The molecule has 2 nitrogen and oxygen atoms in total. The predicted molar refractivity (Wildman–Crippen MR) is 75.7 cm³/mol. The average molecular weight is 247 g/mol. The zero-order valence-corrected chi connectivity index (χ0v) is 11.6. The molecule has 2 N–H and O–H groups in total. The third kappa shape index (κ3) is 3.82. The van der Waals surface area contributed by atoms with Crippen LogP contribution in [0.25, 0.3) is 0 Å². The second-order valence-corrected chi connectivity index (χ2v) is 5.59. The van der Waals surface area contributed by atoms with E-state index in [9.17, 15) is 0 Å². The van der Waals surface area contributed by atoms with Crippen LogP contribution in [0.1, 0.15) is 54.8 Å². The Balaban J connectivity index is 1.88. The molecule has 1 aromatic carbocycles. The molecule has 0 aliphatic carbocycles. The number of hydrogen-bond acceptors (Lipinski definition) is 2. The second-order valence-electron chi connectivity index (χ2n) is 5.59. The SMILES string of the molecule is Cc1cc(C)cc(C(N)CCC2CCCCO2)c1. The molecule has 0 aromatic heterocycles. The summed E-state index contributed by atoms with van der Waals surface area (Å²) in [6.45, 7) is 5.20. The summed E-state index contributed by atoms with van der Waals surface area (Å²) in [6.07, 6.45) is 6.29. The summed E-state index contributed by atoms with van der Waals surface area (Å²) in [7, 11) is 0. The van der Waals surface area contributed by atoms with Crippen molar-refractivity contribution in [1.82, 2.24) is 0 Å². The van der Waals surface area contributed by atoms with Gasteiger partial charge in [-0.25, -0.2) is 0 Å². The van der Waals surface area contributed by atoms with Crippen molar-refractivity contribution in [3.8, 4) is 0 Å². The van der Waals surface area contributed by atoms with Gasteiger partial charge >= 0.3 is 0 Å². The molecule has 0 bridgehead atoms. The minimum atomic E-state index is 0.147. The number of benzene rings is 1. The molecule has 0 amide bonds. The monoisotopic (exact) mass is 247 g/mol. The zero-order chi connectivity index (χ0) is 13.0. The van der Waals surface area contributed by atoms with E-state index in [4.69, 9.17) is 10.5 Å². The molecule has 0 radical (unpaired) electrons. The Hall–Kier alpha value is -0.860. The van der Waals surface area contributed by atoms with Crippen LogP contribution in [0.4, 0.5) is 0 Å². The van der Waals surface area contributed by atoms with E-state index in [1.807, 2.05) is 0 Å². The summed E-state index contributed by atoms with van der Waals surface area (Å²) in [6, 6.07) is 6.76. The highest BCUT2D eigenvalue weighted by Crippen LogP contribution is 2.23. The molecule has 18 heavy (non-hydrogen) atoms. The first-order valence-electron chi connectivity index (χ1n) is 7.10. The van der Waals surface area contributed by atoms with Crippen molar-refractivity contribution in [1.29, 1.82) is 0 Å². The van der Waals surface area contributed by atoms with Gasteiger partial charge in [-0.2, -0.15) is 0 Å². The van der Waals surface area contributed by atoms with Crippen LogP contribution in [-0.4, -0.2) is 12.7 Å². The lowest BCUT2D eigenvalue weighted by Gasteiger charge is -2.24. The van der Waals surface area contributed by atoms with E-state index in [1.165, 1.54) is 36.0 Å². The molecule has 1 fully saturated rings. The summed E-state index contributed by atoms with van der Waals surface area (Å²) in [5.41, 5.74) is 10.2. The van der Waals surface area contributed by atoms with E-state index in [2.05, 4.69) is 32.0 Å². The number of ether oxygens (including phenoxy) is 1. The fourth-order valence-electron chi connectivity index (χ4n) is 2.79. The minimum Gasteiger partial charge on any atom is -0.378 e. The third-order valence-electron chi connectivity index (χ3n) is 3.75. The standard InChI is InChI=1S/C16H25NO/c1-12-9-13(2)11-14(10-12)16(17)7-6-15-5-3-4-8-18-15/h9-11,15-16H,3-8,17H2,1-2H3. The molecular weight excluding hydrogens is 222 g/mol. The summed E-state index contributed by atoms with van der Waals surface area (Å²) >= 11 is 0. The van der Waals surface area contributed by atoms with Gasteiger partial charge in [0.05, 0.1) is 6.10 Å². The van der Waals surface area contributed by atoms with E-state index in [1.54, 1.807) is 0 Å². The average Bonchev–Trinajstić information content (AvgIpc) is 2.36. The third-order valence-corrected chi connectivity index (χ3v) is 3.75. The summed E-state index contributed by atoms with van der Waals surface area (Å²) in [4.78, 5) is 0. The first-order chi connectivity index (χ1) is 8.65.